The number of aromatic nitrogens is 4. The Morgan fingerprint density at radius 3 is 2.90 bits per heavy atom. The minimum atomic E-state index is 0.417. The standard InChI is InChI=1S/C15H21N5O/c1-11-6-7-12(10-14(11)16)15-17-18-19-20(15)8-9-21-13-4-2-3-5-13/h6-7,10,13H,2-5,8-9,16H2,1H3. The summed E-state index contributed by atoms with van der Waals surface area (Å²) in [6.07, 6.45) is 5.33. The molecule has 0 spiro atoms. The summed E-state index contributed by atoms with van der Waals surface area (Å²) in [4.78, 5) is 0. The number of hydrogen-bond acceptors (Lipinski definition) is 5. The Morgan fingerprint density at radius 1 is 1.33 bits per heavy atom. The minimum absolute atomic E-state index is 0.417. The number of hydrogen-bond donors (Lipinski definition) is 1. The summed E-state index contributed by atoms with van der Waals surface area (Å²) in [6.45, 7) is 3.29. The first-order chi connectivity index (χ1) is 10.2. The Hall–Kier alpha value is -1.95. The van der Waals surface area contributed by atoms with Gasteiger partial charge < -0.3 is 10.5 Å². The van der Waals surface area contributed by atoms with Crippen molar-refractivity contribution in [3.63, 3.8) is 0 Å². The van der Waals surface area contributed by atoms with E-state index in [-0.39, 0.29) is 0 Å². The molecule has 1 heterocycles. The van der Waals surface area contributed by atoms with Crippen LogP contribution in [0.4, 0.5) is 5.69 Å². The molecule has 1 aromatic carbocycles. The van der Waals surface area contributed by atoms with Crippen LogP contribution in [0.1, 0.15) is 31.2 Å². The summed E-state index contributed by atoms with van der Waals surface area (Å²) in [5, 5.41) is 11.9. The summed E-state index contributed by atoms with van der Waals surface area (Å²) in [7, 11) is 0. The van der Waals surface area contributed by atoms with Gasteiger partial charge in [0.25, 0.3) is 0 Å². The van der Waals surface area contributed by atoms with Gasteiger partial charge in [0, 0.05) is 11.3 Å². The monoisotopic (exact) mass is 287 g/mol. The number of nitrogens with zero attached hydrogens (tertiary/aromatic N) is 4. The van der Waals surface area contributed by atoms with E-state index in [1.54, 1.807) is 4.68 Å². The van der Waals surface area contributed by atoms with Gasteiger partial charge in [-0.2, -0.15) is 0 Å². The second-order valence-electron chi connectivity index (χ2n) is 5.57. The number of nitrogen functional groups attached to an aromatic ring is 1. The van der Waals surface area contributed by atoms with E-state index in [0.717, 1.165) is 22.6 Å². The highest BCUT2D eigenvalue weighted by Gasteiger charge is 2.16. The molecule has 0 aliphatic heterocycles. The third-order valence-corrected chi connectivity index (χ3v) is 4.03. The molecular formula is C15H21N5O. The van der Waals surface area contributed by atoms with E-state index in [0.29, 0.717) is 19.3 Å². The Kier molecular flexibility index (Phi) is 4.15. The van der Waals surface area contributed by atoms with E-state index in [9.17, 15) is 0 Å². The molecule has 0 bridgehead atoms. The molecule has 0 radical (unpaired) electrons. The molecule has 1 aliphatic rings. The van der Waals surface area contributed by atoms with Gasteiger partial charge in [-0.1, -0.05) is 25.0 Å². The molecule has 1 saturated carbocycles. The second kappa shape index (κ2) is 6.22. The number of nitrogens with two attached hydrogens (primary N) is 1. The number of benzene rings is 1. The average Bonchev–Trinajstić information content (AvgIpc) is 3.13. The summed E-state index contributed by atoms with van der Waals surface area (Å²) in [5.41, 5.74) is 8.70. The zero-order chi connectivity index (χ0) is 14.7. The van der Waals surface area contributed by atoms with Crippen LogP contribution < -0.4 is 5.73 Å². The van der Waals surface area contributed by atoms with Crippen LogP contribution in [0.15, 0.2) is 18.2 Å². The molecule has 2 N–H and O–H groups in total. The molecule has 1 fully saturated rings. The van der Waals surface area contributed by atoms with Gasteiger partial charge in [0.1, 0.15) is 0 Å². The summed E-state index contributed by atoms with van der Waals surface area (Å²) in [5.74, 6) is 0.733. The van der Waals surface area contributed by atoms with E-state index in [1.165, 1.54) is 25.7 Å². The lowest BCUT2D eigenvalue weighted by Gasteiger charge is -2.11. The minimum Gasteiger partial charge on any atom is -0.398 e. The maximum atomic E-state index is 5.96. The molecule has 0 atom stereocenters. The molecule has 112 valence electrons. The first-order valence-corrected chi connectivity index (χ1v) is 7.48. The second-order valence-corrected chi connectivity index (χ2v) is 5.57. The lowest BCUT2D eigenvalue weighted by Crippen LogP contribution is -2.14. The van der Waals surface area contributed by atoms with Crippen molar-refractivity contribution in [1.29, 1.82) is 0 Å². The molecule has 1 aromatic heterocycles. The molecule has 21 heavy (non-hydrogen) atoms. The van der Waals surface area contributed by atoms with Crippen LogP contribution in [-0.4, -0.2) is 32.9 Å². The van der Waals surface area contributed by atoms with Crippen LogP contribution in [0.25, 0.3) is 11.4 Å². The highest BCUT2D eigenvalue weighted by Crippen LogP contribution is 2.22. The maximum Gasteiger partial charge on any atom is 0.182 e. The zero-order valence-corrected chi connectivity index (χ0v) is 12.3. The molecule has 1 aliphatic carbocycles. The third kappa shape index (κ3) is 3.21. The lowest BCUT2D eigenvalue weighted by atomic mass is 10.1. The van der Waals surface area contributed by atoms with Gasteiger partial charge in [-0.3, -0.25) is 0 Å². The molecule has 0 unspecified atom stereocenters. The van der Waals surface area contributed by atoms with Crippen LogP contribution in [0.3, 0.4) is 0 Å². The van der Waals surface area contributed by atoms with Crippen LogP contribution >= 0.6 is 0 Å². The van der Waals surface area contributed by atoms with Gasteiger partial charge in [-0.25, -0.2) is 4.68 Å². The fourth-order valence-electron chi connectivity index (χ4n) is 2.70. The highest BCUT2D eigenvalue weighted by molar-refractivity contribution is 5.63. The quantitative estimate of drug-likeness (QED) is 0.853. The van der Waals surface area contributed by atoms with Crippen LogP contribution in [0.5, 0.6) is 0 Å². The van der Waals surface area contributed by atoms with Crippen LogP contribution in [0.2, 0.25) is 0 Å². The Bertz CT molecular complexity index is 604. The lowest BCUT2D eigenvalue weighted by molar-refractivity contribution is 0.0514. The van der Waals surface area contributed by atoms with Gasteiger partial charge in [0.05, 0.1) is 19.3 Å². The van der Waals surface area contributed by atoms with Gasteiger partial charge >= 0.3 is 0 Å². The Labute approximate surface area is 124 Å². The van der Waals surface area contributed by atoms with Crippen LogP contribution in [0, 0.1) is 6.92 Å². The molecule has 6 heteroatoms. The van der Waals surface area contributed by atoms with Crippen molar-refractivity contribution in [2.75, 3.05) is 12.3 Å². The third-order valence-electron chi connectivity index (χ3n) is 4.03. The average molecular weight is 287 g/mol. The first kappa shape index (κ1) is 14.0. The first-order valence-electron chi connectivity index (χ1n) is 7.48. The molecular weight excluding hydrogens is 266 g/mol. The van der Waals surface area contributed by atoms with E-state index in [4.69, 9.17) is 10.5 Å². The summed E-state index contributed by atoms with van der Waals surface area (Å²) < 4.78 is 7.65. The number of ether oxygens (including phenoxy) is 1. The number of tetrazole rings is 1. The van der Waals surface area contributed by atoms with Crippen molar-refractivity contribution in [2.45, 2.75) is 45.3 Å². The molecule has 2 aromatic rings. The number of anilines is 1. The van der Waals surface area contributed by atoms with Gasteiger partial charge in [0.2, 0.25) is 0 Å². The normalized spacial score (nSPS) is 15.7. The molecule has 3 rings (SSSR count). The zero-order valence-electron chi connectivity index (χ0n) is 12.3. The van der Waals surface area contributed by atoms with Crippen molar-refractivity contribution in [3.05, 3.63) is 23.8 Å². The van der Waals surface area contributed by atoms with Crippen molar-refractivity contribution < 1.29 is 4.74 Å². The molecule has 6 nitrogen and oxygen atoms in total. The van der Waals surface area contributed by atoms with Crippen molar-refractivity contribution in [3.8, 4) is 11.4 Å². The van der Waals surface area contributed by atoms with Gasteiger partial charge in [-0.05, 0) is 41.8 Å². The van der Waals surface area contributed by atoms with Crippen molar-refractivity contribution in [1.82, 2.24) is 20.2 Å². The summed E-state index contributed by atoms with van der Waals surface area (Å²) in [6, 6.07) is 5.89. The topological polar surface area (TPSA) is 78.8 Å². The molecule has 0 amide bonds. The van der Waals surface area contributed by atoms with Crippen molar-refractivity contribution >= 4 is 5.69 Å². The largest absolute Gasteiger partial charge is 0.398 e. The fraction of sp³-hybridized carbons (Fsp3) is 0.533. The van der Waals surface area contributed by atoms with Gasteiger partial charge in [-0.15, -0.1) is 5.10 Å². The fourth-order valence-corrected chi connectivity index (χ4v) is 2.70. The van der Waals surface area contributed by atoms with E-state index < -0.39 is 0 Å². The van der Waals surface area contributed by atoms with E-state index in [1.807, 2.05) is 25.1 Å². The predicted octanol–water partition coefficient (Wildman–Crippen LogP) is 2.19. The van der Waals surface area contributed by atoms with Crippen LogP contribution in [-0.2, 0) is 11.3 Å². The Balaban J connectivity index is 1.66. The number of aryl methyl sites for hydroxylation is 1. The Morgan fingerprint density at radius 2 is 2.14 bits per heavy atom. The van der Waals surface area contributed by atoms with Crippen molar-refractivity contribution in [2.24, 2.45) is 0 Å². The SMILES string of the molecule is Cc1ccc(-c2nnnn2CCOC2CCCC2)cc1N. The predicted molar refractivity (Wildman–Crippen MR) is 80.6 cm³/mol. The maximum absolute atomic E-state index is 5.96. The van der Waals surface area contributed by atoms with E-state index in [2.05, 4.69) is 15.5 Å². The van der Waals surface area contributed by atoms with E-state index >= 15 is 0 Å². The number of rotatable bonds is 5. The smallest absolute Gasteiger partial charge is 0.182 e. The van der Waals surface area contributed by atoms with Gasteiger partial charge in [0.15, 0.2) is 5.82 Å². The summed E-state index contributed by atoms with van der Waals surface area (Å²) >= 11 is 0. The highest BCUT2D eigenvalue weighted by atomic mass is 16.5. The molecule has 0 saturated heterocycles.